The number of hydrogen-bond acceptors (Lipinski definition) is 4. The third kappa shape index (κ3) is 4.05. The number of aryl methyl sites for hydroxylation is 1. The standard InChI is InChI=1S/C21H17N3O3/c1-14-5-4-6-17(9-14)23-21(27)15(11-22)10-16-12-24(13-20(25)26)19-8-3-2-7-18(16)19/h2-10,12H,13H2,1H3,(H,23,27)(H,25,26)/p-1/b15-10-. The molecule has 6 nitrogen and oxygen atoms in total. The van der Waals surface area contributed by atoms with Gasteiger partial charge in [0.2, 0.25) is 0 Å². The van der Waals surface area contributed by atoms with Gasteiger partial charge in [0, 0.05) is 28.4 Å². The second kappa shape index (κ2) is 7.58. The van der Waals surface area contributed by atoms with Crippen LogP contribution in [0.3, 0.4) is 0 Å². The Balaban J connectivity index is 1.97. The van der Waals surface area contributed by atoms with Crippen LogP contribution in [-0.4, -0.2) is 16.4 Å². The van der Waals surface area contributed by atoms with E-state index in [1.54, 1.807) is 36.5 Å². The van der Waals surface area contributed by atoms with E-state index in [0.717, 1.165) is 10.9 Å². The molecular weight excluding hydrogens is 342 g/mol. The molecule has 0 fully saturated rings. The third-order valence-electron chi connectivity index (χ3n) is 4.06. The van der Waals surface area contributed by atoms with Crippen LogP contribution < -0.4 is 10.4 Å². The molecule has 0 bridgehead atoms. The van der Waals surface area contributed by atoms with Crippen LogP contribution in [0.4, 0.5) is 5.69 Å². The molecule has 0 aliphatic carbocycles. The molecule has 0 aliphatic rings. The molecule has 134 valence electrons. The molecule has 1 N–H and O–H groups in total. The molecule has 0 spiro atoms. The minimum absolute atomic E-state index is 0.0761. The Morgan fingerprint density at radius 1 is 1.22 bits per heavy atom. The molecule has 0 saturated carbocycles. The Hall–Kier alpha value is -3.85. The highest BCUT2D eigenvalue weighted by atomic mass is 16.4. The molecule has 1 heterocycles. The van der Waals surface area contributed by atoms with Gasteiger partial charge < -0.3 is 19.8 Å². The molecule has 0 radical (unpaired) electrons. The van der Waals surface area contributed by atoms with Gasteiger partial charge in [0.1, 0.15) is 11.6 Å². The van der Waals surface area contributed by atoms with E-state index in [4.69, 9.17) is 0 Å². The summed E-state index contributed by atoms with van der Waals surface area (Å²) in [7, 11) is 0. The fourth-order valence-electron chi connectivity index (χ4n) is 2.89. The zero-order valence-corrected chi connectivity index (χ0v) is 14.6. The lowest BCUT2D eigenvalue weighted by molar-refractivity contribution is -0.306. The number of carboxylic acids is 1. The van der Waals surface area contributed by atoms with Gasteiger partial charge in [-0.15, -0.1) is 0 Å². The number of fused-ring (bicyclic) bond motifs is 1. The normalized spacial score (nSPS) is 11.2. The minimum atomic E-state index is -1.22. The smallest absolute Gasteiger partial charge is 0.266 e. The zero-order valence-electron chi connectivity index (χ0n) is 14.6. The molecule has 1 amide bonds. The van der Waals surface area contributed by atoms with E-state index in [-0.39, 0.29) is 12.1 Å². The van der Waals surface area contributed by atoms with Crippen LogP contribution in [-0.2, 0) is 16.1 Å². The summed E-state index contributed by atoms with van der Waals surface area (Å²) >= 11 is 0. The van der Waals surface area contributed by atoms with Crippen molar-refractivity contribution in [1.29, 1.82) is 5.26 Å². The highest BCUT2D eigenvalue weighted by Gasteiger charge is 2.13. The summed E-state index contributed by atoms with van der Waals surface area (Å²) in [5.41, 5.74) is 2.78. The van der Waals surface area contributed by atoms with Crippen molar-refractivity contribution in [3.63, 3.8) is 0 Å². The fourth-order valence-corrected chi connectivity index (χ4v) is 2.89. The number of nitrogens with zero attached hydrogens (tertiary/aromatic N) is 2. The number of para-hydroxylation sites is 1. The lowest BCUT2D eigenvalue weighted by Gasteiger charge is -2.05. The maximum atomic E-state index is 12.5. The number of anilines is 1. The van der Waals surface area contributed by atoms with Gasteiger partial charge >= 0.3 is 0 Å². The van der Waals surface area contributed by atoms with Crippen LogP contribution in [0.2, 0.25) is 0 Å². The van der Waals surface area contributed by atoms with E-state index in [1.165, 1.54) is 10.6 Å². The number of nitriles is 1. The SMILES string of the molecule is Cc1cccc(NC(=O)/C(C#N)=C\c2cn(CC(=O)[O-])c3ccccc23)c1. The van der Waals surface area contributed by atoms with Gasteiger partial charge in [-0.3, -0.25) is 4.79 Å². The van der Waals surface area contributed by atoms with Gasteiger partial charge in [-0.2, -0.15) is 5.26 Å². The maximum absolute atomic E-state index is 12.5. The van der Waals surface area contributed by atoms with Crippen LogP contribution in [0, 0.1) is 18.3 Å². The molecule has 0 unspecified atom stereocenters. The van der Waals surface area contributed by atoms with Crippen LogP contribution in [0.25, 0.3) is 17.0 Å². The van der Waals surface area contributed by atoms with Crippen molar-refractivity contribution >= 4 is 34.5 Å². The average Bonchev–Trinajstić information content (AvgIpc) is 2.96. The van der Waals surface area contributed by atoms with Crippen molar-refractivity contribution in [2.45, 2.75) is 13.5 Å². The van der Waals surface area contributed by atoms with Gasteiger partial charge in [-0.05, 0) is 36.8 Å². The third-order valence-corrected chi connectivity index (χ3v) is 4.06. The van der Waals surface area contributed by atoms with E-state index < -0.39 is 11.9 Å². The van der Waals surface area contributed by atoms with Gasteiger partial charge in [-0.1, -0.05) is 30.3 Å². The quantitative estimate of drug-likeness (QED) is 0.559. The van der Waals surface area contributed by atoms with E-state index >= 15 is 0 Å². The van der Waals surface area contributed by atoms with Crippen molar-refractivity contribution in [3.05, 3.63) is 71.4 Å². The summed E-state index contributed by atoms with van der Waals surface area (Å²) in [4.78, 5) is 23.4. The highest BCUT2D eigenvalue weighted by molar-refractivity contribution is 6.10. The molecule has 1 aromatic heterocycles. The first kappa shape index (κ1) is 18.0. The number of hydrogen-bond donors (Lipinski definition) is 1. The van der Waals surface area contributed by atoms with Gasteiger partial charge in [0.15, 0.2) is 0 Å². The van der Waals surface area contributed by atoms with Crippen molar-refractivity contribution in [2.75, 3.05) is 5.32 Å². The molecule has 3 rings (SSSR count). The molecule has 0 aliphatic heterocycles. The highest BCUT2D eigenvalue weighted by Crippen LogP contribution is 2.24. The van der Waals surface area contributed by atoms with E-state index in [9.17, 15) is 20.0 Å². The predicted molar refractivity (Wildman–Crippen MR) is 100 cm³/mol. The second-order valence-corrected chi connectivity index (χ2v) is 6.09. The van der Waals surface area contributed by atoms with Gasteiger partial charge in [0.25, 0.3) is 5.91 Å². The number of aromatic nitrogens is 1. The number of carboxylic acid groups (broad SMARTS) is 1. The van der Waals surface area contributed by atoms with Crippen molar-refractivity contribution in [1.82, 2.24) is 4.57 Å². The Labute approximate surface area is 156 Å². The Bertz CT molecular complexity index is 1100. The summed E-state index contributed by atoms with van der Waals surface area (Å²) in [6, 6.07) is 16.4. The Kier molecular flexibility index (Phi) is 5.04. The summed E-state index contributed by atoms with van der Waals surface area (Å²) in [5, 5.41) is 23.8. The zero-order chi connectivity index (χ0) is 19.4. The number of amides is 1. The second-order valence-electron chi connectivity index (χ2n) is 6.09. The first-order chi connectivity index (χ1) is 13.0. The molecule has 0 atom stereocenters. The van der Waals surface area contributed by atoms with Gasteiger partial charge in [-0.25, -0.2) is 0 Å². The number of benzene rings is 2. The summed E-state index contributed by atoms with van der Waals surface area (Å²) in [6.07, 6.45) is 3.05. The minimum Gasteiger partial charge on any atom is -0.548 e. The number of rotatable bonds is 5. The molecule has 6 heteroatoms. The lowest BCUT2D eigenvalue weighted by Crippen LogP contribution is -2.27. The fraction of sp³-hybridized carbons (Fsp3) is 0.0952. The Morgan fingerprint density at radius 3 is 2.70 bits per heavy atom. The molecule has 3 aromatic rings. The molecule has 27 heavy (non-hydrogen) atoms. The van der Waals surface area contributed by atoms with Crippen LogP contribution >= 0.6 is 0 Å². The van der Waals surface area contributed by atoms with E-state index in [1.807, 2.05) is 31.2 Å². The van der Waals surface area contributed by atoms with Crippen LogP contribution in [0.15, 0.2) is 60.3 Å². The first-order valence-electron chi connectivity index (χ1n) is 8.25. The topological polar surface area (TPSA) is 98.0 Å². The maximum Gasteiger partial charge on any atom is 0.266 e. The number of aliphatic carboxylic acids is 1. The first-order valence-corrected chi connectivity index (χ1v) is 8.25. The predicted octanol–water partition coefficient (Wildman–Crippen LogP) is 2.25. The average molecular weight is 358 g/mol. The van der Waals surface area contributed by atoms with Crippen LogP contribution in [0.1, 0.15) is 11.1 Å². The van der Waals surface area contributed by atoms with Gasteiger partial charge in [0.05, 0.1) is 12.5 Å². The lowest BCUT2D eigenvalue weighted by atomic mass is 10.1. The van der Waals surface area contributed by atoms with Crippen molar-refractivity contribution in [2.24, 2.45) is 0 Å². The summed E-state index contributed by atoms with van der Waals surface area (Å²) in [6.45, 7) is 1.59. The summed E-state index contributed by atoms with van der Waals surface area (Å²) in [5.74, 6) is -1.75. The van der Waals surface area contributed by atoms with E-state index in [0.29, 0.717) is 16.8 Å². The monoisotopic (exact) mass is 358 g/mol. The van der Waals surface area contributed by atoms with Crippen molar-refractivity contribution in [3.8, 4) is 6.07 Å². The Morgan fingerprint density at radius 2 is 2.00 bits per heavy atom. The largest absolute Gasteiger partial charge is 0.548 e. The number of nitrogens with one attached hydrogen (secondary N) is 1. The van der Waals surface area contributed by atoms with Crippen LogP contribution in [0.5, 0.6) is 0 Å². The molecular formula is C21H16N3O3-. The van der Waals surface area contributed by atoms with E-state index in [2.05, 4.69) is 5.32 Å². The number of carbonyl (C=O) groups is 2. The molecule has 2 aromatic carbocycles. The number of carbonyl (C=O) groups excluding carboxylic acids is 2. The summed E-state index contributed by atoms with van der Waals surface area (Å²) < 4.78 is 1.52. The van der Waals surface area contributed by atoms with Crippen molar-refractivity contribution < 1.29 is 14.7 Å². The molecule has 0 saturated heterocycles.